The van der Waals surface area contributed by atoms with Gasteiger partial charge in [-0.25, -0.2) is 0 Å². The van der Waals surface area contributed by atoms with Crippen LogP contribution in [0.25, 0.3) is 0 Å². The molecular formula is C20H25N3O. The molecule has 0 aliphatic carbocycles. The monoisotopic (exact) mass is 323 g/mol. The van der Waals surface area contributed by atoms with Crippen LogP contribution in [0.3, 0.4) is 0 Å². The van der Waals surface area contributed by atoms with Crippen LogP contribution in [0.2, 0.25) is 0 Å². The van der Waals surface area contributed by atoms with Crippen LogP contribution in [0.5, 0.6) is 0 Å². The van der Waals surface area contributed by atoms with Gasteiger partial charge in [0.2, 0.25) is 0 Å². The molecule has 1 aliphatic heterocycles. The molecule has 0 saturated carbocycles. The summed E-state index contributed by atoms with van der Waals surface area (Å²) in [4.78, 5) is 1.90. The van der Waals surface area contributed by atoms with Gasteiger partial charge in [-0.1, -0.05) is 60.7 Å². The Labute approximate surface area is 143 Å². The molecule has 4 nitrogen and oxygen atoms in total. The second-order valence-electron chi connectivity index (χ2n) is 6.61. The summed E-state index contributed by atoms with van der Waals surface area (Å²) in [6, 6.07) is 19.8. The lowest BCUT2D eigenvalue weighted by Gasteiger charge is -2.37. The third-order valence-corrected chi connectivity index (χ3v) is 5.04. The molecule has 1 aliphatic rings. The molecule has 2 aromatic carbocycles. The molecule has 1 heterocycles. The number of guanidine groups is 1. The molecule has 0 aromatic heterocycles. The Morgan fingerprint density at radius 3 is 1.88 bits per heavy atom. The fourth-order valence-electron chi connectivity index (χ4n) is 3.63. The van der Waals surface area contributed by atoms with E-state index in [0.717, 1.165) is 37.1 Å². The molecule has 0 radical (unpaired) electrons. The number of rotatable bonds is 4. The standard InChI is InChI=1S/C20H25N3O/c21-19(22)23-13-11-16(12-14-23)15-20(24,17-7-3-1-4-8-17)18-9-5-2-6-10-18/h1-10,16,24H,11-15H2,(H3,21,22). The van der Waals surface area contributed by atoms with Crippen molar-refractivity contribution in [3.63, 3.8) is 0 Å². The first kappa shape index (κ1) is 16.5. The lowest BCUT2D eigenvalue weighted by molar-refractivity contribution is 0.0418. The molecule has 0 unspecified atom stereocenters. The van der Waals surface area contributed by atoms with Crippen molar-refractivity contribution in [1.82, 2.24) is 4.90 Å². The molecule has 2 aromatic rings. The minimum atomic E-state index is -0.981. The number of piperidine rings is 1. The number of aliphatic hydroxyl groups is 1. The maximum Gasteiger partial charge on any atom is 0.188 e. The average molecular weight is 323 g/mol. The lowest BCUT2D eigenvalue weighted by atomic mass is 9.76. The highest BCUT2D eigenvalue weighted by Crippen LogP contribution is 2.38. The molecule has 4 N–H and O–H groups in total. The third-order valence-electron chi connectivity index (χ3n) is 5.04. The van der Waals surface area contributed by atoms with Gasteiger partial charge >= 0.3 is 0 Å². The first-order chi connectivity index (χ1) is 11.6. The van der Waals surface area contributed by atoms with Gasteiger partial charge in [-0.15, -0.1) is 0 Å². The Bertz CT molecular complexity index is 624. The summed E-state index contributed by atoms with van der Waals surface area (Å²) in [5.41, 5.74) is 6.47. The largest absolute Gasteiger partial charge is 0.380 e. The van der Waals surface area contributed by atoms with E-state index in [-0.39, 0.29) is 5.96 Å². The van der Waals surface area contributed by atoms with E-state index < -0.39 is 5.60 Å². The van der Waals surface area contributed by atoms with Crippen LogP contribution in [0.15, 0.2) is 60.7 Å². The first-order valence-corrected chi connectivity index (χ1v) is 8.52. The number of nitrogens with zero attached hydrogens (tertiary/aromatic N) is 1. The summed E-state index contributed by atoms with van der Waals surface area (Å²) >= 11 is 0. The predicted molar refractivity (Wildman–Crippen MR) is 96.7 cm³/mol. The maximum atomic E-state index is 11.6. The van der Waals surface area contributed by atoms with Gasteiger partial charge in [-0.2, -0.15) is 0 Å². The lowest BCUT2D eigenvalue weighted by Crippen LogP contribution is -2.43. The SMILES string of the molecule is N=C(N)N1CCC(CC(O)(c2ccccc2)c2ccccc2)CC1. The van der Waals surface area contributed by atoms with Gasteiger partial charge in [0.15, 0.2) is 5.96 Å². The fourth-order valence-corrected chi connectivity index (χ4v) is 3.63. The van der Waals surface area contributed by atoms with Gasteiger partial charge in [0.05, 0.1) is 0 Å². The zero-order valence-corrected chi connectivity index (χ0v) is 13.9. The summed E-state index contributed by atoms with van der Waals surface area (Å²) in [5.74, 6) is 0.556. The number of nitrogens with two attached hydrogens (primary N) is 1. The van der Waals surface area contributed by atoms with Gasteiger partial charge in [-0.05, 0) is 36.3 Å². The summed E-state index contributed by atoms with van der Waals surface area (Å²) in [7, 11) is 0. The van der Waals surface area contributed by atoms with E-state index in [0.29, 0.717) is 12.3 Å². The van der Waals surface area contributed by atoms with E-state index in [9.17, 15) is 5.11 Å². The van der Waals surface area contributed by atoms with E-state index in [1.165, 1.54) is 0 Å². The highest BCUT2D eigenvalue weighted by Gasteiger charge is 2.35. The molecule has 3 rings (SSSR count). The highest BCUT2D eigenvalue weighted by atomic mass is 16.3. The summed E-state index contributed by atoms with van der Waals surface area (Å²) in [5, 5.41) is 19.2. The quantitative estimate of drug-likeness (QED) is 0.598. The number of nitrogens with one attached hydrogen (secondary N) is 1. The number of benzene rings is 2. The van der Waals surface area contributed by atoms with E-state index in [2.05, 4.69) is 0 Å². The smallest absolute Gasteiger partial charge is 0.188 e. The van der Waals surface area contributed by atoms with Crippen molar-refractivity contribution in [3.05, 3.63) is 71.8 Å². The molecule has 0 amide bonds. The van der Waals surface area contributed by atoms with E-state index >= 15 is 0 Å². The van der Waals surface area contributed by atoms with Crippen LogP contribution < -0.4 is 5.73 Å². The Hall–Kier alpha value is -2.33. The van der Waals surface area contributed by atoms with Gasteiger partial charge in [0.1, 0.15) is 5.60 Å². The minimum absolute atomic E-state index is 0.148. The van der Waals surface area contributed by atoms with E-state index in [4.69, 9.17) is 11.1 Å². The van der Waals surface area contributed by atoms with Crippen LogP contribution in [0.1, 0.15) is 30.4 Å². The van der Waals surface area contributed by atoms with Crippen LogP contribution in [0, 0.1) is 11.3 Å². The Morgan fingerprint density at radius 1 is 1.00 bits per heavy atom. The molecule has 4 heteroatoms. The predicted octanol–water partition coefficient (Wildman–Crippen LogP) is 2.92. The second-order valence-corrected chi connectivity index (χ2v) is 6.61. The summed E-state index contributed by atoms with van der Waals surface area (Å²) in [6.45, 7) is 1.58. The van der Waals surface area contributed by atoms with Gasteiger partial charge < -0.3 is 15.7 Å². The minimum Gasteiger partial charge on any atom is -0.380 e. The van der Waals surface area contributed by atoms with Crippen LogP contribution in [-0.4, -0.2) is 29.1 Å². The zero-order valence-electron chi connectivity index (χ0n) is 13.9. The van der Waals surface area contributed by atoms with Crippen molar-refractivity contribution < 1.29 is 5.11 Å². The van der Waals surface area contributed by atoms with Crippen molar-refractivity contribution in [2.45, 2.75) is 24.9 Å². The first-order valence-electron chi connectivity index (χ1n) is 8.52. The summed E-state index contributed by atoms with van der Waals surface area (Å²) < 4.78 is 0. The molecule has 0 spiro atoms. The van der Waals surface area contributed by atoms with Crippen LogP contribution in [0.4, 0.5) is 0 Å². The van der Waals surface area contributed by atoms with Crippen molar-refractivity contribution in [2.75, 3.05) is 13.1 Å². The number of likely N-dealkylation sites (tertiary alicyclic amines) is 1. The maximum absolute atomic E-state index is 11.6. The van der Waals surface area contributed by atoms with Crippen LogP contribution >= 0.6 is 0 Å². The molecule has 126 valence electrons. The third kappa shape index (κ3) is 3.44. The van der Waals surface area contributed by atoms with E-state index in [1.807, 2.05) is 65.6 Å². The molecule has 24 heavy (non-hydrogen) atoms. The second kappa shape index (κ2) is 7.05. The summed E-state index contributed by atoms with van der Waals surface area (Å²) in [6.07, 6.45) is 2.58. The van der Waals surface area contributed by atoms with Crippen molar-refractivity contribution in [1.29, 1.82) is 5.41 Å². The van der Waals surface area contributed by atoms with Crippen molar-refractivity contribution >= 4 is 5.96 Å². The number of hydrogen-bond acceptors (Lipinski definition) is 2. The van der Waals surface area contributed by atoms with E-state index in [1.54, 1.807) is 0 Å². The Balaban J connectivity index is 1.83. The Morgan fingerprint density at radius 2 is 1.46 bits per heavy atom. The molecular weight excluding hydrogens is 298 g/mol. The molecule has 0 bridgehead atoms. The molecule has 1 saturated heterocycles. The number of hydrogen-bond donors (Lipinski definition) is 3. The normalized spacial score (nSPS) is 16.1. The van der Waals surface area contributed by atoms with Crippen molar-refractivity contribution in [2.24, 2.45) is 11.7 Å². The molecule has 0 atom stereocenters. The fraction of sp³-hybridized carbons (Fsp3) is 0.350. The average Bonchev–Trinajstić information content (AvgIpc) is 2.63. The van der Waals surface area contributed by atoms with Gasteiger partial charge in [0, 0.05) is 13.1 Å². The van der Waals surface area contributed by atoms with Crippen LogP contribution in [-0.2, 0) is 5.60 Å². The van der Waals surface area contributed by atoms with Gasteiger partial charge in [0.25, 0.3) is 0 Å². The highest BCUT2D eigenvalue weighted by molar-refractivity contribution is 5.74. The van der Waals surface area contributed by atoms with Crippen molar-refractivity contribution in [3.8, 4) is 0 Å². The zero-order chi connectivity index (χ0) is 17.0. The van der Waals surface area contributed by atoms with Gasteiger partial charge in [-0.3, -0.25) is 5.41 Å². The Kier molecular flexibility index (Phi) is 4.86. The topological polar surface area (TPSA) is 73.3 Å². The molecule has 1 fully saturated rings.